The van der Waals surface area contributed by atoms with E-state index in [1.165, 1.54) is 16.2 Å². The van der Waals surface area contributed by atoms with Crippen LogP contribution in [0.5, 0.6) is 5.75 Å². The zero-order chi connectivity index (χ0) is 22.9. The third kappa shape index (κ3) is 3.51. The number of benzene rings is 1. The second kappa shape index (κ2) is 9.03. The van der Waals surface area contributed by atoms with Crippen molar-refractivity contribution in [3.63, 3.8) is 0 Å². The van der Waals surface area contributed by atoms with Crippen molar-refractivity contribution in [2.45, 2.75) is 45.2 Å². The van der Waals surface area contributed by atoms with Crippen LogP contribution in [0.4, 0.5) is 5.69 Å². The fourth-order valence-electron chi connectivity index (χ4n) is 5.00. The first-order valence-electron chi connectivity index (χ1n) is 11.1. The summed E-state index contributed by atoms with van der Waals surface area (Å²) in [5.41, 5.74) is -0.756. The molecule has 0 radical (unpaired) electrons. The number of hydrogen-bond acceptors (Lipinski definition) is 7. The summed E-state index contributed by atoms with van der Waals surface area (Å²) in [5.74, 6) is -1.96. The number of carbonyl (C=O) groups excluding carboxylic acids is 3. The fraction of sp³-hybridized carbons (Fsp3) is 0.458. The molecule has 0 unspecified atom stereocenters. The van der Waals surface area contributed by atoms with Crippen LogP contribution in [0.3, 0.4) is 0 Å². The van der Waals surface area contributed by atoms with Crippen LogP contribution in [-0.4, -0.2) is 36.5 Å². The molecule has 0 saturated carbocycles. The topological polar surface area (TPSA) is 84.9 Å². The Morgan fingerprint density at radius 1 is 1.09 bits per heavy atom. The molecule has 32 heavy (non-hydrogen) atoms. The van der Waals surface area contributed by atoms with Crippen molar-refractivity contribution in [1.29, 1.82) is 0 Å². The molecule has 2 aliphatic rings. The Morgan fingerprint density at radius 2 is 1.84 bits per heavy atom. The lowest BCUT2D eigenvalue weighted by atomic mass is 9.77. The van der Waals surface area contributed by atoms with Gasteiger partial charge in [-0.2, -0.15) is 0 Å². The van der Waals surface area contributed by atoms with E-state index in [0.29, 0.717) is 30.9 Å². The van der Waals surface area contributed by atoms with Crippen LogP contribution in [-0.2, 0) is 19.1 Å². The zero-order valence-corrected chi connectivity index (χ0v) is 19.3. The molecular formula is C24H28N2O5S. The molecule has 8 heteroatoms. The molecular weight excluding hydrogens is 428 g/mol. The molecule has 2 aromatic rings. The van der Waals surface area contributed by atoms with Crippen LogP contribution < -0.4 is 15.0 Å². The molecule has 3 heterocycles. The average molecular weight is 457 g/mol. The monoisotopic (exact) mass is 456 g/mol. The number of nitrogens with zero attached hydrogens (tertiary/aromatic N) is 1. The number of fused-ring (bicyclic) bond motifs is 1. The molecule has 1 aromatic heterocycles. The number of nitrogens with one attached hydrogen (secondary N) is 1. The quantitative estimate of drug-likeness (QED) is 0.482. The van der Waals surface area contributed by atoms with Crippen LogP contribution in [0.1, 0.15) is 44.5 Å². The van der Waals surface area contributed by atoms with E-state index in [1.54, 1.807) is 31.2 Å². The third-order valence-corrected chi connectivity index (χ3v) is 7.15. The summed E-state index contributed by atoms with van der Waals surface area (Å²) in [6, 6.07) is 10.3. The van der Waals surface area contributed by atoms with Crippen molar-refractivity contribution in [2.24, 2.45) is 11.8 Å². The van der Waals surface area contributed by atoms with Crippen molar-refractivity contribution < 1.29 is 23.9 Å². The molecule has 0 spiro atoms. The molecule has 0 aliphatic carbocycles. The normalized spacial score (nSPS) is 27.0. The van der Waals surface area contributed by atoms with Crippen molar-refractivity contribution >= 4 is 34.8 Å². The summed E-state index contributed by atoms with van der Waals surface area (Å²) in [6.45, 7) is 6.33. The molecule has 2 fully saturated rings. The van der Waals surface area contributed by atoms with Gasteiger partial charge in [0.15, 0.2) is 0 Å². The van der Waals surface area contributed by atoms with E-state index in [2.05, 4.69) is 5.32 Å². The Hall–Kier alpha value is -2.71. The Bertz CT molecular complexity index is 990. The van der Waals surface area contributed by atoms with Crippen LogP contribution in [0, 0.1) is 11.8 Å². The molecule has 1 N–H and O–H groups in total. The molecule has 2 amide bonds. The van der Waals surface area contributed by atoms with Gasteiger partial charge >= 0.3 is 5.97 Å². The largest absolute Gasteiger partial charge is 0.494 e. The lowest BCUT2D eigenvalue weighted by molar-refractivity contribution is -0.155. The van der Waals surface area contributed by atoms with Gasteiger partial charge < -0.3 is 9.47 Å². The number of ether oxygens (including phenoxy) is 2. The first kappa shape index (κ1) is 22.5. The molecule has 0 bridgehead atoms. The van der Waals surface area contributed by atoms with Gasteiger partial charge in [-0.15, -0.1) is 11.3 Å². The van der Waals surface area contributed by atoms with Gasteiger partial charge in [0.1, 0.15) is 11.3 Å². The first-order chi connectivity index (χ1) is 15.5. The number of rotatable bonds is 8. The molecule has 170 valence electrons. The zero-order valence-electron chi connectivity index (χ0n) is 18.5. The summed E-state index contributed by atoms with van der Waals surface area (Å²) in [5, 5.41) is 5.33. The average Bonchev–Trinajstić information content (AvgIpc) is 3.47. The van der Waals surface area contributed by atoms with Gasteiger partial charge in [0, 0.05) is 4.88 Å². The highest BCUT2D eigenvalue weighted by Crippen LogP contribution is 2.52. The van der Waals surface area contributed by atoms with Crippen LogP contribution in [0.25, 0.3) is 0 Å². The lowest BCUT2D eigenvalue weighted by Crippen LogP contribution is -2.56. The van der Waals surface area contributed by atoms with Gasteiger partial charge in [0.25, 0.3) is 0 Å². The summed E-state index contributed by atoms with van der Waals surface area (Å²) in [6.07, 6.45) is 1.07. The number of esters is 1. The van der Waals surface area contributed by atoms with Crippen molar-refractivity contribution in [1.82, 2.24) is 5.32 Å². The minimum atomic E-state index is -1.24. The van der Waals surface area contributed by atoms with Crippen LogP contribution in [0.15, 0.2) is 41.8 Å². The molecule has 4 atom stereocenters. The van der Waals surface area contributed by atoms with Crippen molar-refractivity contribution in [2.75, 3.05) is 18.1 Å². The van der Waals surface area contributed by atoms with E-state index in [9.17, 15) is 14.4 Å². The predicted octanol–water partition coefficient (Wildman–Crippen LogP) is 3.70. The Labute approximate surface area is 191 Å². The van der Waals surface area contributed by atoms with Gasteiger partial charge in [-0.05, 0) is 56.0 Å². The fourth-order valence-corrected chi connectivity index (χ4v) is 5.82. The van der Waals surface area contributed by atoms with E-state index in [4.69, 9.17) is 9.47 Å². The van der Waals surface area contributed by atoms with Crippen molar-refractivity contribution in [3.05, 3.63) is 46.7 Å². The van der Waals surface area contributed by atoms with Crippen molar-refractivity contribution in [3.8, 4) is 5.75 Å². The Morgan fingerprint density at radius 3 is 2.44 bits per heavy atom. The Kier molecular flexibility index (Phi) is 6.35. The number of carbonyl (C=O) groups is 3. The maximum Gasteiger partial charge on any atom is 0.327 e. The smallest absolute Gasteiger partial charge is 0.327 e. The van der Waals surface area contributed by atoms with Crippen LogP contribution >= 0.6 is 11.3 Å². The summed E-state index contributed by atoms with van der Waals surface area (Å²) >= 11 is 1.51. The van der Waals surface area contributed by atoms with Gasteiger partial charge in [-0.1, -0.05) is 19.4 Å². The minimum Gasteiger partial charge on any atom is -0.494 e. The first-order valence-corrected chi connectivity index (χ1v) is 11.9. The second-order valence-electron chi connectivity index (χ2n) is 8.02. The highest BCUT2D eigenvalue weighted by Gasteiger charge is 2.68. The highest BCUT2D eigenvalue weighted by molar-refractivity contribution is 7.10. The van der Waals surface area contributed by atoms with Gasteiger partial charge in [-0.25, -0.2) is 4.90 Å². The Balaban J connectivity index is 1.79. The summed E-state index contributed by atoms with van der Waals surface area (Å²) < 4.78 is 10.9. The number of imide groups is 1. The van der Waals surface area contributed by atoms with E-state index in [-0.39, 0.29) is 18.4 Å². The molecule has 1 aromatic carbocycles. The van der Waals surface area contributed by atoms with E-state index in [0.717, 1.165) is 4.88 Å². The standard InChI is InChI=1S/C24H28N2O5S/c1-4-13-24(23(29)31-6-3)19-18(20(25-24)17-8-7-14-32-17)21(27)26(22(19)28)15-9-11-16(12-10-15)30-5-2/h7-12,14,18-20,25H,4-6,13H2,1-3H3/t18-,19+,20-,24+/m0/s1. The highest BCUT2D eigenvalue weighted by atomic mass is 32.1. The molecule has 4 rings (SSSR count). The van der Waals surface area contributed by atoms with Gasteiger partial charge in [-0.3, -0.25) is 19.7 Å². The maximum atomic E-state index is 13.8. The molecule has 2 aliphatic heterocycles. The van der Waals surface area contributed by atoms with E-state index >= 15 is 0 Å². The third-order valence-electron chi connectivity index (χ3n) is 6.19. The number of amides is 2. The van der Waals surface area contributed by atoms with E-state index in [1.807, 2.05) is 31.4 Å². The lowest BCUT2D eigenvalue weighted by Gasteiger charge is -2.32. The summed E-state index contributed by atoms with van der Waals surface area (Å²) in [4.78, 5) is 42.8. The van der Waals surface area contributed by atoms with Gasteiger partial charge in [0.2, 0.25) is 11.8 Å². The summed E-state index contributed by atoms with van der Waals surface area (Å²) in [7, 11) is 0. The number of thiophene rings is 1. The number of hydrogen-bond donors (Lipinski definition) is 1. The van der Waals surface area contributed by atoms with Crippen LogP contribution in [0.2, 0.25) is 0 Å². The number of anilines is 1. The van der Waals surface area contributed by atoms with Gasteiger partial charge in [0.05, 0.1) is 36.8 Å². The molecule has 2 saturated heterocycles. The SMILES string of the molecule is CCC[C@@]1(C(=O)OCC)N[C@@H](c2cccs2)[C@H]2C(=O)N(c3ccc(OCC)cc3)C(=O)[C@@H]21. The molecule has 7 nitrogen and oxygen atoms in total. The van der Waals surface area contributed by atoms with E-state index < -0.39 is 29.4 Å². The second-order valence-corrected chi connectivity index (χ2v) is 9.00. The predicted molar refractivity (Wildman–Crippen MR) is 122 cm³/mol. The maximum absolute atomic E-state index is 13.8. The minimum absolute atomic E-state index is 0.206.